The van der Waals surface area contributed by atoms with Crippen molar-refractivity contribution in [2.24, 2.45) is 0 Å². The van der Waals surface area contributed by atoms with Crippen LogP contribution in [0, 0.1) is 17.0 Å². The first-order chi connectivity index (χ1) is 10.0. The van der Waals surface area contributed by atoms with Crippen molar-refractivity contribution in [1.29, 1.82) is 0 Å². The van der Waals surface area contributed by atoms with E-state index in [0.29, 0.717) is 30.6 Å². The molecule has 0 fully saturated rings. The average Bonchev–Trinajstić information content (AvgIpc) is 2.44. The maximum Gasteiger partial charge on any atom is 0.305 e. The van der Waals surface area contributed by atoms with E-state index < -0.39 is 4.92 Å². The molecule has 0 aliphatic rings. The lowest BCUT2D eigenvalue weighted by atomic mass is 10.1. The van der Waals surface area contributed by atoms with Crippen molar-refractivity contribution in [3.05, 3.63) is 33.4 Å². The van der Waals surface area contributed by atoms with Crippen molar-refractivity contribution >= 4 is 17.9 Å². The molecule has 1 rings (SSSR count). The number of nitro groups is 1. The van der Waals surface area contributed by atoms with Gasteiger partial charge in [-0.3, -0.25) is 19.7 Å². The van der Waals surface area contributed by atoms with Crippen LogP contribution in [0.1, 0.15) is 35.7 Å². The molecule has 0 aliphatic heterocycles. The lowest BCUT2D eigenvalue weighted by molar-refractivity contribution is -0.385. The van der Waals surface area contributed by atoms with Gasteiger partial charge >= 0.3 is 5.97 Å². The van der Waals surface area contributed by atoms with Crippen LogP contribution in [-0.4, -0.2) is 30.4 Å². The Morgan fingerprint density at radius 3 is 2.71 bits per heavy atom. The average molecular weight is 295 g/mol. The van der Waals surface area contributed by atoms with Crippen molar-refractivity contribution in [2.45, 2.75) is 26.7 Å². The minimum Gasteiger partial charge on any atom is -0.493 e. The summed E-state index contributed by atoms with van der Waals surface area (Å²) in [6.07, 6.45) is 1.14. The molecule has 1 aromatic carbocycles. The normalized spacial score (nSPS) is 10.0. The van der Waals surface area contributed by atoms with Gasteiger partial charge in [-0.1, -0.05) is 0 Å². The number of hydrogen-bond donors (Lipinski definition) is 0. The summed E-state index contributed by atoms with van der Waals surface area (Å²) in [6, 6.07) is 2.68. The third kappa shape index (κ3) is 4.55. The zero-order valence-electron chi connectivity index (χ0n) is 12.0. The molecule has 0 atom stereocenters. The summed E-state index contributed by atoms with van der Waals surface area (Å²) in [5.74, 6) is 0.0988. The molecule has 7 nitrogen and oxygen atoms in total. The van der Waals surface area contributed by atoms with Gasteiger partial charge in [0.15, 0.2) is 6.29 Å². The molecule has 1 aromatic rings. The lowest BCUT2D eigenvalue weighted by Crippen LogP contribution is -2.07. The fourth-order valence-electron chi connectivity index (χ4n) is 1.79. The second kappa shape index (κ2) is 7.98. The molecule has 21 heavy (non-hydrogen) atoms. The van der Waals surface area contributed by atoms with E-state index in [9.17, 15) is 19.7 Å². The molecular weight excluding hydrogens is 278 g/mol. The van der Waals surface area contributed by atoms with E-state index in [-0.39, 0.29) is 30.2 Å². The van der Waals surface area contributed by atoms with Crippen LogP contribution in [0.25, 0.3) is 0 Å². The third-order valence-electron chi connectivity index (χ3n) is 2.84. The van der Waals surface area contributed by atoms with E-state index in [2.05, 4.69) is 0 Å². The van der Waals surface area contributed by atoms with E-state index >= 15 is 0 Å². The largest absolute Gasteiger partial charge is 0.493 e. The van der Waals surface area contributed by atoms with Crippen molar-refractivity contribution in [3.63, 3.8) is 0 Å². The molecular formula is C14H17NO6. The fraction of sp³-hybridized carbons (Fsp3) is 0.429. The number of rotatable bonds is 8. The Hall–Kier alpha value is -2.44. The first kappa shape index (κ1) is 16.6. The molecule has 0 spiro atoms. The van der Waals surface area contributed by atoms with Crippen LogP contribution in [0.4, 0.5) is 5.69 Å². The second-order valence-electron chi connectivity index (χ2n) is 4.25. The van der Waals surface area contributed by atoms with Crippen molar-refractivity contribution in [2.75, 3.05) is 13.2 Å². The summed E-state index contributed by atoms with van der Waals surface area (Å²) in [6.45, 7) is 3.91. The highest BCUT2D eigenvalue weighted by Crippen LogP contribution is 2.28. The summed E-state index contributed by atoms with van der Waals surface area (Å²) in [5.41, 5.74) is 0.166. The third-order valence-corrected chi connectivity index (χ3v) is 2.84. The SMILES string of the molecule is CCOC(=O)CCCOc1ccc([N+](=O)[O-])c(C=O)c1C. The van der Waals surface area contributed by atoms with Gasteiger partial charge in [0.05, 0.1) is 23.7 Å². The summed E-state index contributed by atoms with van der Waals surface area (Å²) >= 11 is 0. The first-order valence-electron chi connectivity index (χ1n) is 6.52. The van der Waals surface area contributed by atoms with E-state index in [4.69, 9.17) is 9.47 Å². The number of nitrogens with zero attached hydrogens (tertiary/aromatic N) is 1. The number of ether oxygens (including phenoxy) is 2. The molecule has 0 heterocycles. The maximum atomic E-state index is 11.1. The van der Waals surface area contributed by atoms with Gasteiger partial charge in [-0.05, 0) is 26.3 Å². The van der Waals surface area contributed by atoms with Gasteiger partial charge in [-0.2, -0.15) is 0 Å². The van der Waals surface area contributed by atoms with Crippen LogP contribution < -0.4 is 4.74 Å². The van der Waals surface area contributed by atoms with E-state index in [1.54, 1.807) is 13.8 Å². The van der Waals surface area contributed by atoms with Gasteiger partial charge in [0.1, 0.15) is 5.75 Å². The van der Waals surface area contributed by atoms with Crippen LogP contribution in [0.5, 0.6) is 5.75 Å². The van der Waals surface area contributed by atoms with E-state index in [1.165, 1.54) is 12.1 Å². The van der Waals surface area contributed by atoms with Gasteiger partial charge in [0.2, 0.25) is 0 Å². The molecule has 0 saturated heterocycles. The van der Waals surface area contributed by atoms with Gasteiger partial charge in [0, 0.05) is 18.1 Å². The highest BCUT2D eigenvalue weighted by Gasteiger charge is 2.18. The number of hydrogen-bond acceptors (Lipinski definition) is 6. The molecule has 7 heteroatoms. The molecule has 0 bridgehead atoms. The highest BCUT2D eigenvalue weighted by molar-refractivity contribution is 5.84. The second-order valence-corrected chi connectivity index (χ2v) is 4.25. The van der Waals surface area contributed by atoms with Crippen molar-refractivity contribution < 1.29 is 24.0 Å². The number of benzene rings is 1. The Balaban J connectivity index is 2.66. The van der Waals surface area contributed by atoms with Crippen LogP contribution in [-0.2, 0) is 9.53 Å². The zero-order valence-corrected chi connectivity index (χ0v) is 12.0. The number of esters is 1. The monoisotopic (exact) mass is 295 g/mol. The molecule has 0 radical (unpaired) electrons. The van der Waals surface area contributed by atoms with E-state index in [0.717, 1.165) is 0 Å². The quantitative estimate of drug-likeness (QED) is 0.240. The Kier molecular flexibility index (Phi) is 6.32. The number of nitro benzene ring substituents is 1. The minimum atomic E-state index is -0.610. The Labute approximate surface area is 122 Å². The molecule has 114 valence electrons. The standard InChI is InChI=1S/C14H17NO6/c1-3-20-14(17)5-4-8-21-13-7-6-12(15(18)19)11(9-16)10(13)2/h6-7,9H,3-5,8H2,1-2H3. The molecule has 0 amide bonds. The molecule has 0 unspecified atom stereocenters. The Bertz CT molecular complexity index is 541. The highest BCUT2D eigenvalue weighted by atomic mass is 16.6. The number of aldehydes is 1. The maximum absolute atomic E-state index is 11.1. The van der Waals surface area contributed by atoms with Crippen molar-refractivity contribution in [1.82, 2.24) is 0 Å². The first-order valence-corrected chi connectivity index (χ1v) is 6.52. The number of carbonyl (C=O) groups is 2. The van der Waals surface area contributed by atoms with Gasteiger partial charge < -0.3 is 9.47 Å². The summed E-state index contributed by atoms with van der Waals surface area (Å²) in [4.78, 5) is 32.3. The molecule has 0 aliphatic carbocycles. The van der Waals surface area contributed by atoms with Crippen LogP contribution in [0.2, 0.25) is 0 Å². The summed E-state index contributed by atoms with van der Waals surface area (Å²) < 4.78 is 10.2. The van der Waals surface area contributed by atoms with Gasteiger partial charge in [0.25, 0.3) is 5.69 Å². The van der Waals surface area contributed by atoms with Crippen LogP contribution in [0.15, 0.2) is 12.1 Å². The predicted molar refractivity (Wildman–Crippen MR) is 74.6 cm³/mol. The molecule has 0 aromatic heterocycles. The summed E-state index contributed by atoms with van der Waals surface area (Å²) in [5, 5.41) is 10.8. The zero-order chi connectivity index (χ0) is 15.8. The van der Waals surface area contributed by atoms with Gasteiger partial charge in [-0.15, -0.1) is 0 Å². The van der Waals surface area contributed by atoms with E-state index in [1.807, 2.05) is 0 Å². The van der Waals surface area contributed by atoms with Crippen LogP contribution >= 0.6 is 0 Å². The van der Waals surface area contributed by atoms with Gasteiger partial charge in [-0.25, -0.2) is 0 Å². The van der Waals surface area contributed by atoms with Crippen LogP contribution in [0.3, 0.4) is 0 Å². The minimum absolute atomic E-state index is 0.00268. The smallest absolute Gasteiger partial charge is 0.305 e. The predicted octanol–water partition coefficient (Wildman–Crippen LogP) is 2.44. The Morgan fingerprint density at radius 2 is 2.14 bits per heavy atom. The molecule has 0 saturated carbocycles. The summed E-state index contributed by atoms with van der Waals surface area (Å²) in [7, 11) is 0. The number of carbonyl (C=O) groups excluding carboxylic acids is 2. The lowest BCUT2D eigenvalue weighted by Gasteiger charge is -2.10. The fourth-order valence-corrected chi connectivity index (χ4v) is 1.79. The van der Waals surface area contributed by atoms with Crippen molar-refractivity contribution in [3.8, 4) is 5.75 Å². The topological polar surface area (TPSA) is 95.7 Å². The molecule has 0 N–H and O–H groups in total. The Morgan fingerprint density at radius 1 is 1.43 bits per heavy atom.